The highest BCUT2D eigenvalue weighted by Gasteiger charge is 2.21. The van der Waals surface area contributed by atoms with Gasteiger partial charge in [0.25, 0.3) is 0 Å². The summed E-state index contributed by atoms with van der Waals surface area (Å²) >= 11 is 0. The molecule has 23 heavy (non-hydrogen) atoms. The lowest BCUT2D eigenvalue weighted by Crippen LogP contribution is -2.12. The number of ether oxygens (including phenoxy) is 3. The van der Waals surface area contributed by atoms with E-state index in [2.05, 4.69) is 13.2 Å². The van der Waals surface area contributed by atoms with E-state index in [1.54, 1.807) is 12.1 Å². The van der Waals surface area contributed by atoms with Crippen LogP contribution in [-0.2, 0) is 9.47 Å². The fourth-order valence-corrected chi connectivity index (χ4v) is 1.88. The van der Waals surface area contributed by atoms with Gasteiger partial charge < -0.3 is 14.2 Å². The SMILES string of the molecule is C=CCOc1c(C=C)cc(C(=O)OC)cc1C(=O)OCCCC. The van der Waals surface area contributed by atoms with Crippen LogP contribution < -0.4 is 4.74 Å². The van der Waals surface area contributed by atoms with Crippen molar-refractivity contribution < 1.29 is 23.8 Å². The summed E-state index contributed by atoms with van der Waals surface area (Å²) in [6.07, 6.45) is 4.74. The van der Waals surface area contributed by atoms with Crippen LogP contribution in [-0.4, -0.2) is 32.3 Å². The second-order valence-electron chi connectivity index (χ2n) is 4.73. The Bertz CT molecular complexity index is 589. The maximum Gasteiger partial charge on any atom is 0.341 e. The summed E-state index contributed by atoms with van der Waals surface area (Å²) < 4.78 is 15.5. The third-order valence-electron chi connectivity index (χ3n) is 3.06. The van der Waals surface area contributed by atoms with Gasteiger partial charge in [-0.05, 0) is 18.6 Å². The number of hydrogen-bond donors (Lipinski definition) is 0. The number of rotatable bonds is 9. The summed E-state index contributed by atoms with van der Waals surface area (Å²) in [7, 11) is 1.28. The fourth-order valence-electron chi connectivity index (χ4n) is 1.88. The average Bonchev–Trinajstić information content (AvgIpc) is 2.58. The minimum absolute atomic E-state index is 0.167. The highest BCUT2D eigenvalue weighted by Crippen LogP contribution is 2.28. The number of benzene rings is 1. The Morgan fingerprint density at radius 3 is 2.52 bits per heavy atom. The molecule has 5 nitrogen and oxygen atoms in total. The molecule has 0 heterocycles. The van der Waals surface area contributed by atoms with Crippen LogP contribution >= 0.6 is 0 Å². The molecule has 0 N–H and O–H groups in total. The molecule has 0 spiro atoms. The van der Waals surface area contributed by atoms with Crippen molar-refractivity contribution in [3.63, 3.8) is 0 Å². The predicted molar refractivity (Wildman–Crippen MR) is 88.8 cm³/mol. The van der Waals surface area contributed by atoms with Gasteiger partial charge in [-0.25, -0.2) is 9.59 Å². The molecule has 0 aromatic heterocycles. The van der Waals surface area contributed by atoms with Crippen LogP contribution in [0.25, 0.3) is 6.08 Å². The van der Waals surface area contributed by atoms with E-state index in [4.69, 9.17) is 14.2 Å². The maximum absolute atomic E-state index is 12.3. The van der Waals surface area contributed by atoms with E-state index in [1.165, 1.54) is 19.3 Å². The van der Waals surface area contributed by atoms with Crippen molar-refractivity contribution in [2.24, 2.45) is 0 Å². The Kier molecular flexibility index (Phi) is 7.60. The van der Waals surface area contributed by atoms with E-state index in [1.807, 2.05) is 6.92 Å². The topological polar surface area (TPSA) is 61.8 Å². The standard InChI is InChI=1S/C18H22O5/c1-5-8-10-23-18(20)15-12-14(17(19)21-4)11-13(7-3)16(15)22-9-6-2/h6-7,11-12H,2-3,5,8-10H2,1,4H3. The van der Waals surface area contributed by atoms with Gasteiger partial charge in [-0.2, -0.15) is 0 Å². The molecule has 1 aromatic carbocycles. The fraction of sp³-hybridized carbons (Fsp3) is 0.333. The molecule has 0 atom stereocenters. The van der Waals surface area contributed by atoms with E-state index in [-0.39, 0.29) is 17.7 Å². The van der Waals surface area contributed by atoms with Crippen molar-refractivity contribution in [3.8, 4) is 5.75 Å². The first-order valence-corrected chi connectivity index (χ1v) is 7.38. The van der Waals surface area contributed by atoms with Crippen molar-refractivity contribution in [1.82, 2.24) is 0 Å². The second kappa shape index (κ2) is 9.46. The van der Waals surface area contributed by atoms with E-state index in [0.29, 0.717) is 17.9 Å². The van der Waals surface area contributed by atoms with Gasteiger partial charge in [0.05, 0.1) is 19.3 Å². The van der Waals surface area contributed by atoms with Crippen molar-refractivity contribution in [1.29, 1.82) is 0 Å². The van der Waals surface area contributed by atoms with E-state index in [0.717, 1.165) is 12.8 Å². The zero-order valence-electron chi connectivity index (χ0n) is 13.6. The number of methoxy groups -OCH3 is 1. The number of esters is 2. The molecule has 0 bridgehead atoms. The Balaban J connectivity index is 3.28. The summed E-state index contributed by atoms with van der Waals surface area (Å²) in [5.74, 6) is -0.786. The first-order valence-electron chi connectivity index (χ1n) is 7.38. The first kappa shape index (κ1) is 18.5. The van der Waals surface area contributed by atoms with Gasteiger partial charge in [-0.15, -0.1) is 0 Å². The number of carbonyl (C=O) groups excluding carboxylic acids is 2. The molecule has 0 unspecified atom stereocenters. The van der Waals surface area contributed by atoms with Gasteiger partial charge in [0, 0.05) is 5.56 Å². The largest absolute Gasteiger partial charge is 0.488 e. The van der Waals surface area contributed by atoms with Gasteiger partial charge in [0.15, 0.2) is 0 Å². The molecular formula is C18H22O5. The van der Waals surface area contributed by atoms with Crippen molar-refractivity contribution in [2.75, 3.05) is 20.3 Å². The molecule has 124 valence electrons. The Morgan fingerprint density at radius 1 is 1.22 bits per heavy atom. The molecule has 5 heteroatoms. The second-order valence-corrected chi connectivity index (χ2v) is 4.73. The molecule has 0 aliphatic heterocycles. The maximum atomic E-state index is 12.3. The molecule has 1 aromatic rings. The van der Waals surface area contributed by atoms with Crippen LogP contribution in [0.4, 0.5) is 0 Å². The Morgan fingerprint density at radius 2 is 1.96 bits per heavy atom. The smallest absolute Gasteiger partial charge is 0.341 e. The Labute approximate surface area is 136 Å². The molecule has 0 amide bonds. The summed E-state index contributed by atoms with van der Waals surface area (Å²) in [4.78, 5) is 24.1. The number of hydrogen-bond acceptors (Lipinski definition) is 5. The third kappa shape index (κ3) is 4.98. The van der Waals surface area contributed by atoms with Crippen LogP contribution in [0.2, 0.25) is 0 Å². The minimum atomic E-state index is -0.550. The highest BCUT2D eigenvalue weighted by atomic mass is 16.5. The van der Waals surface area contributed by atoms with Gasteiger partial charge >= 0.3 is 11.9 Å². The zero-order chi connectivity index (χ0) is 17.2. The van der Waals surface area contributed by atoms with E-state index >= 15 is 0 Å². The van der Waals surface area contributed by atoms with Crippen LogP contribution in [0.5, 0.6) is 5.75 Å². The lowest BCUT2D eigenvalue weighted by Gasteiger charge is -2.14. The molecule has 0 saturated heterocycles. The normalized spacial score (nSPS) is 9.83. The quantitative estimate of drug-likeness (QED) is 0.395. The lowest BCUT2D eigenvalue weighted by molar-refractivity contribution is 0.0495. The molecule has 0 aliphatic carbocycles. The van der Waals surface area contributed by atoms with Gasteiger partial charge in [0.2, 0.25) is 0 Å². The highest BCUT2D eigenvalue weighted by molar-refractivity contribution is 5.99. The summed E-state index contributed by atoms with van der Waals surface area (Å²) in [6.45, 7) is 9.80. The van der Waals surface area contributed by atoms with Crippen molar-refractivity contribution >= 4 is 18.0 Å². The van der Waals surface area contributed by atoms with Crippen LogP contribution in [0.1, 0.15) is 46.0 Å². The summed E-state index contributed by atoms with van der Waals surface area (Å²) in [6, 6.07) is 2.96. The van der Waals surface area contributed by atoms with Crippen LogP contribution in [0.15, 0.2) is 31.4 Å². The summed E-state index contributed by atoms with van der Waals surface area (Å²) in [5, 5.41) is 0. The molecule has 0 radical (unpaired) electrons. The van der Waals surface area contributed by atoms with E-state index < -0.39 is 11.9 Å². The zero-order valence-corrected chi connectivity index (χ0v) is 13.6. The third-order valence-corrected chi connectivity index (χ3v) is 3.06. The van der Waals surface area contributed by atoms with Gasteiger partial charge in [-0.1, -0.05) is 38.7 Å². The van der Waals surface area contributed by atoms with Gasteiger partial charge in [-0.3, -0.25) is 0 Å². The van der Waals surface area contributed by atoms with Crippen molar-refractivity contribution in [3.05, 3.63) is 48.1 Å². The number of unbranched alkanes of at least 4 members (excludes halogenated alkanes) is 1. The molecular weight excluding hydrogens is 296 g/mol. The Hall–Kier alpha value is -2.56. The van der Waals surface area contributed by atoms with Gasteiger partial charge in [0.1, 0.15) is 17.9 Å². The van der Waals surface area contributed by atoms with Crippen LogP contribution in [0.3, 0.4) is 0 Å². The molecule has 0 saturated carbocycles. The van der Waals surface area contributed by atoms with Crippen molar-refractivity contribution in [2.45, 2.75) is 19.8 Å². The van der Waals surface area contributed by atoms with Crippen LogP contribution in [0, 0.1) is 0 Å². The summed E-state index contributed by atoms with van der Waals surface area (Å²) in [5.41, 5.74) is 0.911. The van der Waals surface area contributed by atoms with E-state index in [9.17, 15) is 9.59 Å². The average molecular weight is 318 g/mol. The molecule has 0 aliphatic rings. The number of carbonyl (C=O) groups is 2. The molecule has 1 rings (SSSR count). The molecule has 0 fully saturated rings. The first-order chi connectivity index (χ1) is 11.1. The minimum Gasteiger partial charge on any atom is -0.488 e. The predicted octanol–water partition coefficient (Wildman–Crippen LogP) is 3.64. The lowest BCUT2D eigenvalue weighted by atomic mass is 10.0. The monoisotopic (exact) mass is 318 g/mol.